The minimum atomic E-state index is -0.539. The standard InChI is InChI=1S/C28H33N3O5S/c32-21-16-31(17-28-29-12-13-37-28)25-11-10-24(36-26(25)19-34-18-21)14-27(33)30-15-20-6-8-23(9-7-20)35-22-4-2-1-3-5-22/h1-9,12-13,21,24-26,32H,10-11,14-19H2,(H,30,33)/t21-,24+,25+,26-/m1/s1. The number of nitrogens with zero attached hydrogens (tertiary/aromatic N) is 2. The number of β-amino-alcohol motifs (C(OH)–C–C–N with tert-alkyl or cyclic N) is 1. The van der Waals surface area contributed by atoms with Gasteiger partial charge in [0.15, 0.2) is 0 Å². The number of aliphatic hydroxyl groups excluding tert-OH is 1. The number of hydrogen-bond acceptors (Lipinski definition) is 8. The highest BCUT2D eigenvalue weighted by Gasteiger charge is 2.38. The molecule has 2 aliphatic rings. The second-order valence-corrected chi connectivity index (χ2v) is 10.5. The molecule has 8 nitrogen and oxygen atoms in total. The number of aromatic nitrogens is 1. The van der Waals surface area contributed by atoms with Crippen LogP contribution in [0.25, 0.3) is 0 Å². The molecule has 5 rings (SSSR count). The average molecular weight is 524 g/mol. The first-order valence-corrected chi connectivity index (χ1v) is 13.6. The molecule has 2 N–H and O–H groups in total. The lowest BCUT2D eigenvalue weighted by molar-refractivity contribution is -0.158. The molecule has 1 amide bonds. The molecule has 2 fully saturated rings. The van der Waals surface area contributed by atoms with Crippen molar-refractivity contribution in [2.24, 2.45) is 0 Å². The normalized spacial score (nSPS) is 24.5. The first-order valence-electron chi connectivity index (χ1n) is 12.7. The van der Waals surface area contributed by atoms with Gasteiger partial charge < -0.3 is 24.6 Å². The number of aliphatic hydroxyl groups is 1. The summed E-state index contributed by atoms with van der Waals surface area (Å²) < 4.78 is 17.9. The average Bonchev–Trinajstić information content (AvgIpc) is 3.41. The summed E-state index contributed by atoms with van der Waals surface area (Å²) in [6.07, 6.45) is 2.95. The largest absolute Gasteiger partial charge is 0.457 e. The van der Waals surface area contributed by atoms with Crippen molar-refractivity contribution >= 4 is 17.2 Å². The lowest BCUT2D eigenvalue weighted by Crippen LogP contribution is -2.55. The molecule has 0 bridgehead atoms. The molecule has 3 aromatic rings. The van der Waals surface area contributed by atoms with Crippen LogP contribution in [-0.4, -0.2) is 65.0 Å². The van der Waals surface area contributed by atoms with Gasteiger partial charge in [0.25, 0.3) is 0 Å². The molecular weight excluding hydrogens is 490 g/mol. The molecule has 1 aromatic heterocycles. The van der Waals surface area contributed by atoms with Gasteiger partial charge in [-0.2, -0.15) is 0 Å². The third kappa shape index (κ3) is 7.37. The molecule has 3 heterocycles. The second kappa shape index (κ2) is 12.6. The number of fused-ring (bicyclic) bond motifs is 1. The van der Waals surface area contributed by atoms with Crippen molar-refractivity contribution in [2.75, 3.05) is 19.8 Å². The van der Waals surface area contributed by atoms with Crippen molar-refractivity contribution in [3.8, 4) is 11.5 Å². The summed E-state index contributed by atoms with van der Waals surface area (Å²) >= 11 is 1.62. The molecule has 2 aromatic carbocycles. The first-order chi connectivity index (χ1) is 18.1. The molecule has 0 unspecified atom stereocenters. The molecule has 9 heteroatoms. The van der Waals surface area contributed by atoms with Crippen LogP contribution in [0.5, 0.6) is 11.5 Å². The lowest BCUT2D eigenvalue weighted by atomic mass is 9.94. The van der Waals surface area contributed by atoms with E-state index in [9.17, 15) is 9.90 Å². The van der Waals surface area contributed by atoms with Gasteiger partial charge >= 0.3 is 0 Å². The number of para-hydroxylation sites is 1. The molecule has 0 radical (unpaired) electrons. The summed E-state index contributed by atoms with van der Waals surface area (Å²) in [6.45, 7) is 2.34. The number of hydrogen-bond donors (Lipinski definition) is 2. The highest BCUT2D eigenvalue weighted by molar-refractivity contribution is 7.09. The van der Waals surface area contributed by atoms with Crippen molar-refractivity contribution < 1.29 is 24.1 Å². The molecule has 0 spiro atoms. The van der Waals surface area contributed by atoms with Crippen LogP contribution in [0.2, 0.25) is 0 Å². The van der Waals surface area contributed by atoms with E-state index in [4.69, 9.17) is 14.2 Å². The van der Waals surface area contributed by atoms with E-state index in [-0.39, 0.29) is 30.8 Å². The van der Waals surface area contributed by atoms with Crippen LogP contribution in [0.3, 0.4) is 0 Å². The number of nitrogens with one attached hydrogen (secondary N) is 1. The van der Waals surface area contributed by atoms with Gasteiger partial charge in [0.1, 0.15) is 16.5 Å². The fourth-order valence-corrected chi connectivity index (χ4v) is 5.55. The Morgan fingerprint density at radius 2 is 1.92 bits per heavy atom. The van der Waals surface area contributed by atoms with E-state index in [1.807, 2.05) is 60.0 Å². The van der Waals surface area contributed by atoms with E-state index < -0.39 is 6.10 Å². The van der Waals surface area contributed by atoms with E-state index >= 15 is 0 Å². The van der Waals surface area contributed by atoms with Gasteiger partial charge in [0, 0.05) is 30.7 Å². The van der Waals surface area contributed by atoms with Gasteiger partial charge in [0.2, 0.25) is 5.91 Å². The van der Waals surface area contributed by atoms with Gasteiger partial charge in [-0.1, -0.05) is 30.3 Å². The molecule has 0 aliphatic carbocycles. The fourth-order valence-electron chi connectivity index (χ4n) is 4.91. The van der Waals surface area contributed by atoms with Gasteiger partial charge in [-0.3, -0.25) is 9.69 Å². The maximum absolute atomic E-state index is 12.7. The van der Waals surface area contributed by atoms with Crippen LogP contribution in [0.4, 0.5) is 0 Å². The molecule has 2 aliphatic heterocycles. The SMILES string of the molecule is O=C(C[C@@H]1CC[C@H]2[C@@H](COC[C@H](O)CN2Cc2nccs2)O1)NCc1ccc(Oc2ccccc2)cc1. The predicted molar refractivity (Wildman–Crippen MR) is 140 cm³/mol. The Bertz CT molecular complexity index is 1110. The minimum Gasteiger partial charge on any atom is -0.457 e. The quantitative estimate of drug-likeness (QED) is 0.465. The monoisotopic (exact) mass is 523 g/mol. The first kappa shape index (κ1) is 25.8. The van der Waals surface area contributed by atoms with Crippen molar-refractivity contribution in [2.45, 2.75) is 56.7 Å². The Hall–Kier alpha value is -2.82. The molecule has 0 saturated carbocycles. The van der Waals surface area contributed by atoms with Crippen molar-refractivity contribution in [3.05, 3.63) is 76.7 Å². The predicted octanol–water partition coefficient (Wildman–Crippen LogP) is 3.75. The number of carbonyl (C=O) groups excluding carboxylic acids is 1. The Balaban J connectivity index is 1.10. The van der Waals surface area contributed by atoms with Crippen molar-refractivity contribution in [3.63, 3.8) is 0 Å². The third-order valence-corrected chi connectivity index (χ3v) is 7.48. The second-order valence-electron chi connectivity index (χ2n) is 9.53. The number of ether oxygens (including phenoxy) is 3. The van der Waals surface area contributed by atoms with Gasteiger partial charge in [-0.05, 0) is 42.7 Å². The van der Waals surface area contributed by atoms with Crippen molar-refractivity contribution in [1.82, 2.24) is 15.2 Å². The smallest absolute Gasteiger partial charge is 0.222 e. The molecule has 196 valence electrons. The van der Waals surface area contributed by atoms with E-state index in [0.717, 1.165) is 34.9 Å². The zero-order valence-corrected chi connectivity index (χ0v) is 21.5. The van der Waals surface area contributed by atoms with Crippen molar-refractivity contribution in [1.29, 1.82) is 0 Å². The summed E-state index contributed by atoms with van der Waals surface area (Å²) in [5.74, 6) is 1.51. The molecule has 37 heavy (non-hydrogen) atoms. The van der Waals surface area contributed by atoms with Gasteiger partial charge in [-0.25, -0.2) is 4.98 Å². The van der Waals surface area contributed by atoms with E-state index in [2.05, 4.69) is 15.2 Å². The summed E-state index contributed by atoms with van der Waals surface area (Å²) in [4.78, 5) is 19.4. The zero-order chi connectivity index (χ0) is 25.5. The summed E-state index contributed by atoms with van der Waals surface area (Å²) in [5.41, 5.74) is 1.00. The molecular formula is C28H33N3O5S. The van der Waals surface area contributed by atoms with Crippen LogP contribution in [0.15, 0.2) is 66.2 Å². The fraction of sp³-hybridized carbons (Fsp3) is 0.429. The number of benzene rings is 2. The lowest BCUT2D eigenvalue weighted by Gasteiger charge is -2.44. The van der Waals surface area contributed by atoms with Crippen LogP contribution in [0, 0.1) is 0 Å². The van der Waals surface area contributed by atoms with E-state index in [1.165, 1.54) is 0 Å². The Kier molecular flexibility index (Phi) is 8.80. The maximum Gasteiger partial charge on any atom is 0.222 e. The van der Waals surface area contributed by atoms with E-state index in [0.29, 0.717) is 32.7 Å². The number of carbonyl (C=O) groups is 1. The highest BCUT2D eigenvalue weighted by Crippen LogP contribution is 2.29. The van der Waals surface area contributed by atoms with Gasteiger partial charge in [-0.15, -0.1) is 11.3 Å². The van der Waals surface area contributed by atoms with Crippen LogP contribution in [-0.2, 0) is 27.4 Å². The van der Waals surface area contributed by atoms with Crippen LogP contribution in [0.1, 0.15) is 29.8 Å². The van der Waals surface area contributed by atoms with Gasteiger partial charge in [0.05, 0.1) is 44.5 Å². The molecule has 4 atom stereocenters. The Morgan fingerprint density at radius 1 is 1.11 bits per heavy atom. The number of rotatable bonds is 8. The van der Waals surface area contributed by atoms with Crippen LogP contribution >= 0.6 is 11.3 Å². The summed E-state index contributed by atoms with van der Waals surface area (Å²) in [6, 6.07) is 17.5. The topological polar surface area (TPSA) is 93.2 Å². The number of amides is 1. The summed E-state index contributed by atoms with van der Waals surface area (Å²) in [7, 11) is 0. The maximum atomic E-state index is 12.7. The number of thiazole rings is 1. The molecule has 2 saturated heterocycles. The zero-order valence-electron chi connectivity index (χ0n) is 20.7. The Labute approximate surface area is 221 Å². The van der Waals surface area contributed by atoms with Crippen LogP contribution < -0.4 is 10.1 Å². The highest BCUT2D eigenvalue weighted by atomic mass is 32.1. The summed E-state index contributed by atoms with van der Waals surface area (Å²) in [5, 5.41) is 16.3. The third-order valence-electron chi connectivity index (χ3n) is 6.71. The Morgan fingerprint density at radius 3 is 2.70 bits per heavy atom. The minimum absolute atomic E-state index is 0.0325. The van der Waals surface area contributed by atoms with E-state index in [1.54, 1.807) is 17.5 Å².